The Morgan fingerprint density at radius 3 is 2.52 bits per heavy atom. The molecule has 2 unspecified atom stereocenters. The largest absolute Gasteiger partial charge is 0.340 e. The van der Waals surface area contributed by atoms with Gasteiger partial charge >= 0.3 is 0 Å². The molecule has 1 aromatic carbocycles. The van der Waals surface area contributed by atoms with Crippen LogP contribution in [-0.4, -0.2) is 23.4 Å². The molecule has 1 heterocycles. The van der Waals surface area contributed by atoms with E-state index in [2.05, 4.69) is 21.2 Å². The van der Waals surface area contributed by atoms with E-state index in [9.17, 15) is 9.59 Å². The van der Waals surface area contributed by atoms with Gasteiger partial charge in [0.05, 0.1) is 15.7 Å². The van der Waals surface area contributed by atoms with Crippen molar-refractivity contribution in [2.75, 3.05) is 4.90 Å². The second-order valence-electron chi connectivity index (χ2n) is 5.22. The van der Waals surface area contributed by atoms with E-state index in [0.717, 1.165) is 0 Å². The molecule has 0 bridgehead atoms. The van der Waals surface area contributed by atoms with Crippen LogP contribution in [0.15, 0.2) is 16.6 Å². The molecule has 1 saturated heterocycles. The van der Waals surface area contributed by atoms with Gasteiger partial charge in [-0.2, -0.15) is 0 Å². The zero-order valence-corrected chi connectivity index (χ0v) is 14.9. The number of amides is 2. The quantitative estimate of drug-likeness (QED) is 0.777. The van der Waals surface area contributed by atoms with Gasteiger partial charge in [0, 0.05) is 4.47 Å². The van der Waals surface area contributed by atoms with Gasteiger partial charge in [0.15, 0.2) is 0 Å². The average Bonchev–Trinajstić information content (AvgIpc) is 2.45. The summed E-state index contributed by atoms with van der Waals surface area (Å²) >= 11 is 15.7. The lowest BCUT2D eigenvalue weighted by atomic mass is 9.92. The molecule has 1 fully saturated rings. The number of halogens is 3. The first kappa shape index (κ1) is 16.6. The third-order valence-corrected chi connectivity index (χ3v) is 5.60. The van der Waals surface area contributed by atoms with E-state index in [4.69, 9.17) is 23.2 Å². The predicted octanol–water partition coefficient (Wildman–Crippen LogP) is 3.78. The lowest BCUT2D eigenvalue weighted by Crippen LogP contribution is -2.68. The van der Waals surface area contributed by atoms with Crippen molar-refractivity contribution in [1.82, 2.24) is 5.32 Å². The van der Waals surface area contributed by atoms with Gasteiger partial charge in [-0.1, -0.05) is 30.1 Å². The number of anilines is 1. The second-order valence-corrected chi connectivity index (χ2v) is 6.83. The summed E-state index contributed by atoms with van der Waals surface area (Å²) in [5.74, 6) is -0.411. The van der Waals surface area contributed by atoms with Gasteiger partial charge in [-0.25, -0.2) is 0 Å². The van der Waals surface area contributed by atoms with Crippen molar-refractivity contribution in [1.29, 1.82) is 0 Å². The van der Waals surface area contributed by atoms with E-state index in [1.165, 1.54) is 4.90 Å². The fraction of sp³-hybridized carbons (Fsp3) is 0.429. The van der Waals surface area contributed by atoms with Crippen LogP contribution >= 0.6 is 39.1 Å². The molecule has 1 aliphatic heterocycles. The highest BCUT2D eigenvalue weighted by Crippen LogP contribution is 2.40. The third kappa shape index (κ3) is 2.67. The molecule has 0 aliphatic carbocycles. The molecule has 1 aromatic rings. The fourth-order valence-corrected chi connectivity index (χ4v) is 3.11. The van der Waals surface area contributed by atoms with Crippen molar-refractivity contribution in [2.24, 2.45) is 0 Å². The molecule has 0 spiro atoms. The molecule has 2 rings (SSSR count). The number of carbonyl (C=O) groups is 2. The maximum absolute atomic E-state index is 12.8. The molecule has 2 atom stereocenters. The van der Waals surface area contributed by atoms with Crippen molar-refractivity contribution in [2.45, 2.75) is 38.8 Å². The summed E-state index contributed by atoms with van der Waals surface area (Å²) in [6, 6.07) is 2.74. The Bertz CT molecular complexity index is 623. The molecule has 7 heteroatoms. The van der Waals surface area contributed by atoms with Crippen LogP contribution in [0.5, 0.6) is 0 Å². The summed E-state index contributed by atoms with van der Waals surface area (Å²) < 4.78 is 0.637. The fourth-order valence-electron chi connectivity index (χ4n) is 2.25. The van der Waals surface area contributed by atoms with Crippen LogP contribution in [-0.2, 0) is 9.59 Å². The van der Waals surface area contributed by atoms with Gasteiger partial charge in [0.2, 0.25) is 5.91 Å². The summed E-state index contributed by atoms with van der Waals surface area (Å²) in [5, 5.41) is 3.34. The third-order valence-electron chi connectivity index (χ3n) is 3.84. The number of rotatable bonds is 2. The maximum atomic E-state index is 12.8. The highest BCUT2D eigenvalue weighted by Gasteiger charge is 2.46. The first-order valence-corrected chi connectivity index (χ1v) is 8.07. The molecule has 1 aliphatic rings. The lowest BCUT2D eigenvalue weighted by molar-refractivity contribution is -0.137. The van der Waals surface area contributed by atoms with Crippen LogP contribution in [0.25, 0.3) is 0 Å². The van der Waals surface area contributed by atoms with Crippen LogP contribution in [0.1, 0.15) is 27.2 Å². The molecule has 0 aromatic heterocycles. The van der Waals surface area contributed by atoms with E-state index in [-0.39, 0.29) is 16.8 Å². The van der Waals surface area contributed by atoms with Crippen molar-refractivity contribution < 1.29 is 9.59 Å². The van der Waals surface area contributed by atoms with Crippen molar-refractivity contribution >= 4 is 56.6 Å². The van der Waals surface area contributed by atoms with Crippen molar-refractivity contribution in [3.05, 3.63) is 26.7 Å². The summed E-state index contributed by atoms with van der Waals surface area (Å²) in [6.07, 6.45) is 0.489. The SMILES string of the molecule is CCC1(C)NC(=O)C(C)N(c2ccc(Br)c(Cl)c2Cl)C1=O. The van der Waals surface area contributed by atoms with E-state index in [0.29, 0.717) is 21.6 Å². The Morgan fingerprint density at radius 1 is 1.33 bits per heavy atom. The van der Waals surface area contributed by atoms with Gasteiger partial charge in [0.1, 0.15) is 11.6 Å². The molecule has 114 valence electrons. The molecular weight excluding hydrogens is 379 g/mol. The number of benzene rings is 1. The van der Waals surface area contributed by atoms with Gasteiger partial charge < -0.3 is 5.32 Å². The van der Waals surface area contributed by atoms with Crippen LogP contribution in [0.3, 0.4) is 0 Å². The Hall–Kier alpha value is -0.780. The van der Waals surface area contributed by atoms with Gasteiger partial charge in [-0.3, -0.25) is 14.5 Å². The summed E-state index contributed by atoms with van der Waals surface area (Å²) in [6.45, 7) is 5.22. The van der Waals surface area contributed by atoms with Gasteiger partial charge in [-0.15, -0.1) is 0 Å². The first-order chi connectivity index (χ1) is 9.73. The molecule has 21 heavy (non-hydrogen) atoms. The molecular formula is C14H15BrCl2N2O2. The monoisotopic (exact) mass is 392 g/mol. The smallest absolute Gasteiger partial charge is 0.253 e. The highest BCUT2D eigenvalue weighted by atomic mass is 79.9. The van der Waals surface area contributed by atoms with Gasteiger partial charge in [0.25, 0.3) is 5.91 Å². The normalized spacial score (nSPS) is 26.0. The predicted molar refractivity (Wildman–Crippen MR) is 87.9 cm³/mol. The Labute approximate surface area is 141 Å². The van der Waals surface area contributed by atoms with Crippen LogP contribution in [0.2, 0.25) is 10.0 Å². The topological polar surface area (TPSA) is 49.4 Å². The minimum atomic E-state index is -0.938. The zero-order chi connectivity index (χ0) is 15.9. The molecule has 0 saturated carbocycles. The first-order valence-electron chi connectivity index (χ1n) is 6.52. The van der Waals surface area contributed by atoms with Crippen LogP contribution in [0, 0.1) is 0 Å². The summed E-state index contributed by atoms with van der Waals surface area (Å²) in [5.41, 5.74) is -0.496. The number of carbonyl (C=O) groups excluding carboxylic acids is 2. The zero-order valence-electron chi connectivity index (χ0n) is 11.8. The van der Waals surface area contributed by atoms with E-state index in [1.807, 2.05) is 6.92 Å². The Balaban J connectivity index is 2.57. The standard InChI is InChI=1S/C14H15BrCl2N2O2/c1-4-14(3)13(21)19(7(2)12(20)18-14)9-6-5-8(15)10(16)11(9)17/h5-7H,4H2,1-3H3,(H,18,20). The summed E-state index contributed by atoms with van der Waals surface area (Å²) in [7, 11) is 0. The highest BCUT2D eigenvalue weighted by molar-refractivity contribution is 9.10. The number of nitrogens with zero attached hydrogens (tertiary/aromatic N) is 1. The number of piperazine rings is 1. The Kier molecular flexibility index (Phi) is 4.57. The number of hydrogen-bond donors (Lipinski definition) is 1. The molecule has 0 radical (unpaired) electrons. The van der Waals surface area contributed by atoms with E-state index >= 15 is 0 Å². The van der Waals surface area contributed by atoms with Crippen molar-refractivity contribution in [3.63, 3.8) is 0 Å². The molecule has 4 nitrogen and oxygen atoms in total. The molecule has 1 N–H and O–H groups in total. The number of hydrogen-bond acceptors (Lipinski definition) is 2. The lowest BCUT2D eigenvalue weighted by Gasteiger charge is -2.43. The van der Waals surface area contributed by atoms with Crippen molar-refractivity contribution in [3.8, 4) is 0 Å². The van der Waals surface area contributed by atoms with E-state index < -0.39 is 11.6 Å². The Morgan fingerprint density at radius 2 is 1.95 bits per heavy atom. The van der Waals surface area contributed by atoms with E-state index in [1.54, 1.807) is 26.0 Å². The summed E-state index contributed by atoms with van der Waals surface area (Å²) in [4.78, 5) is 26.4. The number of nitrogens with one attached hydrogen (secondary N) is 1. The van der Waals surface area contributed by atoms with Gasteiger partial charge in [-0.05, 0) is 48.3 Å². The average molecular weight is 394 g/mol. The van der Waals surface area contributed by atoms with Crippen LogP contribution < -0.4 is 10.2 Å². The van der Waals surface area contributed by atoms with Crippen LogP contribution in [0.4, 0.5) is 5.69 Å². The second kappa shape index (κ2) is 5.78. The minimum absolute atomic E-state index is 0.197. The maximum Gasteiger partial charge on any atom is 0.253 e. The minimum Gasteiger partial charge on any atom is -0.340 e. The molecule has 2 amide bonds.